The van der Waals surface area contributed by atoms with Crippen LogP contribution in [0.5, 0.6) is 0 Å². The first-order valence-electron chi connectivity index (χ1n) is 7.05. The number of amides is 2. The van der Waals surface area contributed by atoms with Crippen LogP contribution >= 0.6 is 23.4 Å². The Morgan fingerprint density at radius 1 is 1.04 bits per heavy atom. The van der Waals surface area contributed by atoms with Gasteiger partial charge in [-0.15, -0.1) is 11.8 Å². The van der Waals surface area contributed by atoms with Gasteiger partial charge in [0.15, 0.2) is 0 Å². The molecule has 0 bridgehead atoms. The van der Waals surface area contributed by atoms with Crippen molar-refractivity contribution in [3.63, 3.8) is 0 Å². The summed E-state index contributed by atoms with van der Waals surface area (Å²) in [6.45, 7) is 3.29. The molecular weight excluding hydrogens is 332 g/mol. The zero-order valence-corrected chi connectivity index (χ0v) is 14.4. The zero-order valence-electron chi connectivity index (χ0n) is 12.8. The maximum absolute atomic E-state index is 12.2. The predicted octanol–water partition coefficient (Wildman–Crippen LogP) is 4.42. The van der Waals surface area contributed by atoms with Gasteiger partial charge in [0.1, 0.15) is 0 Å². The van der Waals surface area contributed by atoms with Crippen molar-refractivity contribution in [2.75, 3.05) is 10.6 Å². The molecule has 2 N–H and O–H groups in total. The van der Waals surface area contributed by atoms with Crippen LogP contribution in [0.4, 0.5) is 11.4 Å². The molecule has 0 aliphatic rings. The van der Waals surface area contributed by atoms with Crippen molar-refractivity contribution in [2.24, 2.45) is 0 Å². The number of hydrogen-bond donors (Lipinski definition) is 2. The Labute approximate surface area is 144 Å². The molecular formula is C17H17ClN2O2S. The summed E-state index contributed by atoms with van der Waals surface area (Å²) in [5.74, 6) is -0.220. The first kappa shape index (κ1) is 17.4. The number of hydrogen-bond acceptors (Lipinski definition) is 3. The molecule has 2 aromatic carbocycles. The number of rotatable bonds is 5. The van der Waals surface area contributed by atoms with Gasteiger partial charge in [-0.05, 0) is 49.4 Å². The first-order chi connectivity index (χ1) is 10.9. The minimum Gasteiger partial charge on any atom is -0.326 e. The topological polar surface area (TPSA) is 58.2 Å². The van der Waals surface area contributed by atoms with Crippen LogP contribution in [0.1, 0.15) is 13.8 Å². The summed E-state index contributed by atoms with van der Waals surface area (Å²) in [7, 11) is 0. The van der Waals surface area contributed by atoms with Crippen molar-refractivity contribution in [1.29, 1.82) is 0 Å². The van der Waals surface area contributed by atoms with E-state index in [0.29, 0.717) is 16.4 Å². The summed E-state index contributed by atoms with van der Waals surface area (Å²) >= 11 is 7.25. The number of thioether (sulfide) groups is 1. The molecule has 0 radical (unpaired) electrons. The fourth-order valence-electron chi connectivity index (χ4n) is 1.89. The highest BCUT2D eigenvalue weighted by molar-refractivity contribution is 8.00. The van der Waals surface area contributed by atoms with Crippen LogP contribution in [0.25, 0.3) is 0 Å². The number of carbonyl (C=O) groups excluding carboxylic acids is 2. The SMILES string of the molecule is CC(=O)Nc1cccc(SC(C)C(=O)Nc2ccc(Cl)cc2)c1. The van der Waals surface area contributed by atoms with Gasteiger partial charge in [0.25, 0.3) is 0 Å². The molecule has 0 aliphatic heterocycles. The molecule has 0 fully saturated rings. The van der Waals surface area contributed by atoms with E-state index in [1.165, 1.54) is 18.7 Å². The number of halogens is 1. The van der Waals surface area contributed by atoms with E-state index in [1.54, 1.807) is 24.3 Å². The third kappa shape index (κ3) is 5.62. The van der Waals surface area contributed by atoms with Gasteiger partial charge in [-0.1, -0.05) is 17.7 Å². The molecule has 1 unspecified atom stereocenters. The maximum Gasteiger partial charge on any atom is 0.237 e. The van der Waals surface area contributed by atoms with Crippen LogP contribution in [0.15, 0.2) is 53.4 Å². The molecule has 2 amide bonds. The summed E-state index contributed by atoms with van der Waals surface area (Å²) < 4.78 is 0. The van der Waals surface area contributed by atoms with Crippen molar-refractivity contribution in [3.05, 3.63) is 53.6 Å². The molecule has 2 aromatic rings. The second-order valence-corrected chi connectivity index (χ2v) is 6.82. The first-order valence-corrected chi connectivity index (χ1v) is 8.30. The zero-order chi connectivity index (χ0) is 16.8. The van der Waals surface area contributed by atoms with E-state index < -0.39 is 0 Å². The molecule has 23 heavy (non-hydrogen) atoms. The lowest BCUT2D eigenvalue weighted by atomic mass is 10.3. The Kier molecular flexibility index (Phi) is 6.07. The minimum atomic E-state index is -0.279. The molecule has 4 nitrogen and oxygen atoms in total. The van der Waals surface area contributed by atoms with Crippen LogP contribution < -0.4 is 10.6 Å². The second-order valence-electron chi connectivity index (χ2n) is 4.97. The van der Waals surface area contributed by atoms with Gasteiger partial charge < -0.3 is 10.6 Å². The van der Waals surface area contributed by atoms with Crippen molar-refractivity contribution in [3.8, 4) is 0 Å². The van der Waals surface area contributed by atoms with Crippen LogP contribution in [0.3, 0.4) is 0 Å². The number of nitrogens with one attached hydrogen (secondary N) is 2. The Bertz CT molecular complexity index is 704. The summed E-state index contributed by atoms with van der Waals surface area (Å²) in [4.78, 5) is 24.2. The number of benzene rings is 2. The molecule has 0 aliphatic carbocycles. The Morgan fingerprint density at radius 2 is 1.74 bits per heavy atom. The average molecular weight is 349 g/mol. The van der Waals surface area contributed by atoms with Gasteiger partial charge in [-0.25, -0.2) is 0 Å². The molecule has 120 valence electrons. The molecule has 0 heterocycles. The summed E-state index contributed by atoms with van der Waals surface area (Å²) in [5, 5.41) is 5.92. The second kappa shape index (κ2) is 8.04. The van der Waals surface area contributed by atoms with E-state index in [9.17, 15) is 9.59 Å². The fraction of sp³-hybridized carbons (Fsp3) is 0.176. The average Bonchev–Trinajstić information content (AvgIpc) is 2.49. The van der Waals surface area contributed by atoms with Crippen LogP contribution in [-0.4, -0.2) is 17.1 Å². The molecule has 1 atom stereocenters. The largest absolute Gasteiger partial charge is 0.326 e. The van der Waals surface area contributed by atoms with Gasteiger partial charge in [0, 0.05) is 28.2 Å². The lowest BCUT2D eigenvalue weighted by Gasteiger charge is -2.13. The lowest BCUT2D eigenvalue weighted by Crippen LogP contribution is -2.22. The van der Waals surface area contributed by atoms with Gasteiger partial charge in [0.2, 0.25) is 11.8 Å². The highest BCUT2D eigenvalue weighted by atomic mass is 35.5. The van der Waals surface area contributed by atoms with Crippen molar-refractivity contribution >= 4 is 46.6 Å². The molecule has 2 rings (SSSR count). The van der Waals surface area contributed by atoms with Crippen molar-refractivity contribution < 1.29 is 9.59 Å². The van der Waals surface area contributed by atoms with E-state index in [0.717, 1.165) is 4.90 Å². The quantitative estimate of drug-likeness (QED) is 0.786. The molecule has 6 heteroatoms. The predicted molar refractivity (Wildman–Crippen MR) is 96.1 cm³/mol. The van der Waals surface area contributed by atoms with Crippen LogP contribution in [0, 0.1) is 0 Å². The highest BCUT2D eigenvalue weighted by Gasteiger charge is 2.15. The third-order valence-electron chi connectivity index (χ3n) is 2.95. The highest BCUT2D eigenvalue weighted by Crippen LogP contribution is 2.26. The third-order valence-corrected chi connectivity index (χ3v) is 4.29. The van der Waals surface area contributed by atoms with E-state index in [1.807, 2.05) is 31.2 Å². The van der Waals surface area contributed by atoms with Crippen LogP contribution in [-0.2, 0) is 9.59 Å². The smallest absolute Gasteiger partial charge is 0.237 e. The Hall–Kier alpha value is -1.98. The Balaban J connectivity index is 1.97. The van der Waals surface area contributed by atoms with Gasteiger partial charge in [0.05, 0.1) is 5.25 Å². The van der Waals surface area contributed by atoms with E-state index in [4.69, 9.17) is 11.6 Å². The van der Waals surface area contributed by atoms with Crippen molar-refractivity contribution in [1.82, 2.24) is 0 Å². The van der Waals surface area contributed by atoms with Gasteiger partial charge in [-0.3, -0.25) is 9.59 Å². The summed E-state index contributed by atoms with van der Waals surface area (Å²) in [6.07, 6.45) is 0. The molecule has 0 spiro atoms. The minimum absolute atomic E-state index is 0.0951. The lowest BCUT2D eigenvalue weighted by molar-refractivity contribution is -0.115. The van der Waals surface area contributed by atoms with Gasteiger partial charge >= 0.3 is 0 Å². The fourth-order valence-corrected chi connectivity index (χ4v) is 2.94. The van der Waals surface area contributed by atoms with Crippen LogP contribution in [0.2, 0.25) is 5.02 Å². The normalized spacial score (nSPS) is 11.6. The van der Waals surface area contributed by atoms with E-state index in [2.05, 4.69) is 10.6 Å². The Morgan fingerprint density at radius 3 is 2.39 bits per heavy atom. The summed E-state index contributed by atoms with van der Waals surface area (Å²) in [5.41, 5.74) is 1.42. The molecule has 0 saturated carbocycles. The standard InChI is InChI=1S/C17H17ClN2O2S/c1-11(17(22)20-14-8-6-13(18)7-9-14)23-16-5-3-4-15(10-16)19-12(2)21/h3-11H,1-2H3,(H,19,21)(H,20,22). The van der Waals surface area contributed by atoms with E-state index >= 15 is 0 Å². The molecule has 0 saturated heterocycles. The van der Waals surface area contributed by atoms with Gasteiger partial charge in [-0.2, -0.15) is 0 Å². The van der Waals surface area contributed by atoms with E-state index in [-0.39, 0.29) is 17.1 Å². The summed E-state index contributed by atoms with van der Waals surface area (Å²) in [6, 6.07) is 14.4. The maximum atomic E-state index is 12.2. The monoisotopic (exact) mass is 348 g/mol. The number of carbonyl (C=O) groups is 2. The molecule has 0 aromatic heterocycles. The number of anilines is 2. The van der Waals surface area contributed by atoms with Crippen molar-refractivity contribution in [2.45, 2.75) is 24.0 Å².